The molecule has 0 aliphatic heterocycles. The van der Waals surface area contributed by atoms with E-state index in [4.69, 9.17) is 0 Å². The quantitative estimate of drug-likeness (QED) is 0.894. The number of benzene rings is 2. The normalized spacial score (nSPS) is 11.8. The van der Waals surface area contributed by atoms with E-state index in [9.17, 15) is 4.79 Å². The summed E-state index contributed by atoms with van der Waals surface area (Å²) >= 11 is 0. The van der Waals surface area contributed by atoms with Crippen LogP contribution in [0.1, 0.15) is 40.0 Å². The Hall–Kier alpha value is -2.29. The minimum atomic E-state index is -0.0591. The van der Waals surface area contributed by atoms with Crippen molar-refractivity contribution >= 4 is 11.6 Å². The zero-order chi connectivity index (χ0) is 15.4. The molecule has 0 bridgehead atoms. The molecule has 0 saturated heterocycles. The summed E-state index contributed by atoms with van der Waals surface area (Å²) in [7, 11) is 1.82. The van der Waals surface area contributed by atoms with Crippen LogP contribution in [-0.2, 0) is 0 Å². The Morgan fingerprint density at radius 1 is 1.00 bits per heavy atom. The number of carbonyl (C=O) groups is 1. The van der Waals surface area contributed by atoms with E-state index in [0.29, 0.717) is 5.56 Å². The van der Waals surface area contributed by atoms with Crippen molar-refractivity contribution in [1.29, 1.82) is 0 Å². The van der Waals surface area contributed by atoms with Gasteiger partial charge >= 0.3 is 0 Å². The van der Waals surface area contributed by atoms with E-state index in [-0.39, 0.29) is 11.9 Å². The molecular formula is C18H22N2O. The van der Waals surface area contributed by atoms with Crippen molar-refractivity contribution in [3.8, 4) is 0 Å². The zero-order valence-corrected chi connectivity index (χ0v) is 13.0. The molecule has 1 unspecified atom stereocenters. The highest BCUT2D eigenvalue weighted by molar-refractivity contribution is 6.00. The van der Waals surface area contributed by atoms with Crippen LogP contribution >= 0.6 is 0 Å². The predicted octanol–water partition coefficient (Wildman–Crippen LogP) is 3.84. The van der Waals surface area contributed by atoms with E-state index >= 15 is 0 Å². The van der Waals surface area contributed by atoms with Gasteiger partial charge in [-0.2, -0.15) is 0 Å². The Morgan fingerprint density at radius 2 is 1.62 bits per heavy atom. The number of hydrogen-bond acceptors (Lipinski definition) is 2. The molecule has 2 aromatic carbocycles. The molecule has 2 N–H and O–H groups in total. The van der Waals surface area contributed by atoms with Gasteiger partial charge in [-0.05, 0) is 38.5 Å². The zero-order valence-electron chi connectivity index (χ0n) is 13.0. The summed E-state index contributed by atoms with van der Waals surface area (Å²) in [4.78, 5) is 12.5. The number of nitrogens with one attached hydrogen (secondary N) is 2. The molecule has 0 radical (unpaired) electrons. The van der Waals surface area contributed by atoms with Gasteiger partial charge in [0.05, 0.1) is 11.6 Å². The Balaban J connectivity index is 2.17. The summed E-state index contributed by atoms with van der Waals surface area (Å²) in [5.41, 5.74) is 4.91. The third kappa shape index (κ3) is 3.63. The highest BCUT2D eigenvalue weighted by Crippen LogP contribution is 2.19. The van der Waals surface area contributed by atoms with Crippen LogP contribution in [0.3, 0.4) is 0 Å². The number of rotatable bonds is 4. The van der Waals surface area contributed by atoms with Crippen LogP contribution in [0.5, 0.6) is 0 Å². The number of anilines is 1. The molecule has 0 aliphatic carbocycles. The van der Waals surface area contributed by atoms with Crippen LogP contribution in [0.15, 0.2) is 42.5 Å². The van der Waals surface area contributed by atoms with Crippen LogP contribution in [0.2, 0.25) is 0 Å². The Bertz CT molecular complexity index is 632. The maximum atomic E-state index is 12.5. The van der Waals surface area contributed by atoms with E-state index in [2.05, 4.69) is 41.8 Å². The van der Waals surface area contributed by atoms with E-state index < -0.39 is 0 Å². The summed E-state index contributed by atoms with van der Waals surface area (Å²) in [5.74, 6) is -0.0591. The molecule has 110 valence electrons. The highest BCUT2D eigenvalue weighted by atomic mass is 16.1. The van der Waals surface area contributed by atoms with Gasteiger partial charge in [-0.15, -0.1) is 0 Å². The van der Waals surface area contributed by atoms with E-state index in [0.717, 1.165) is 16.8 Å². The lowest BCUT2D eigenvalue weighted by Crippen LogP contribution is -2.27. The Kier molecular flexibility index (Phi) is 4.63. The average Bonchev–Trinajstić information content (AvgIpc) is 2.47. The second-order valence-corrected chi connectivity index (χ2v) is 5.40. The summed E-state index contributed by atoms with van der Waals surface area (Å²) in [6.07, 6.45) is 0. The van der Waals surface area contributed by atoms with Gasteiger partial charge in [0.15, 0.2) is 0 Å². The minimum Gasteiger partial charge on any atom is -0.387 e. The SMILES string of the molecule is CNc1ccc(C)cc1C(=O)NC(C)c1ccc(C)cc1. The molecular weight excluding hydrogens is 260 g/mol. The molecule has 0 saturated carbocycles. The van der Waals surface area contributed by atoms with Gasteiger partial charge in [-0.25, -0.2) is 0 Å². The second kappa shape index (κ2) is 6.44. The molecule has 2 aromatic rings. The molecule has 0 fully saturated rings. The van der Waals surface area contributed by atoms with Gasteiger partial charge in [0, 0.05) is 12.7 Å². The van der Waals surface area contributed by atoms with E-state index in [1.54, 1.807) is 0 Å². The smallest absolute Gasteiger partial charge is 0.253 e. The average molecular weight is 282 g/mol. The molecule has 1 amide bonds. The van der Waals surface area contributed by atoms with Crippen molar-refractivity contribution in [2.24, 2.45) is 0 Å². The van der Waals surface area contributed by atoms with Crippen molar-refractivity contribution in [2.75, 3.05) is 12.4 Å². The fourth-order valence-corrected chi connectivity index (χ4v) is 2.28. The summed E-state index contributed by atoms with van der Waals surface area (Å²) in [5, 5.41) is 6.12. The molecule has 3 heteroatoms. The minimum absolute atomic E-state index is 0.0247. The molecule has 0 aromatic heterocycles. The van der Waals surface area contributed by atoms with Crippen molar-refractivity contribution in [1.82, 2.24) is 5.32 Å². The first-order valence-corrected chi connectivity index (χ1v) is 7.17. The molecule has 0 heterocycles. The lowest BCUT2D eigenvalue weighted by Gasteiger charge is -2.16. The second-order valence-electron chi connectivity index (χ2n) is 5.40. The maximum absolute atomic E-state index is 12.5. The summed E-state index contributed by atoms with van der Waals surface area (Å²) < 4.78 is 0. The van der Waals surface area contributed by atoms with Gasteiger partial charge in [0.25, 0.3) is 5.91 Å². The summed E-state index contributed by atoms with van der Waals surface area (Å²) in [6, 6.07) is 14.0. The van der Waals surface area contributed by atoms with Crippen LogP contribution < -0.4 is 10.6 Å². The molecule has 3 nitrogen and oxygen atoms in total. The van der Waals surface area contributed by atoms with Crippen molar-refractivity contribution in [3.05, 3.63) is 64.7 Å². The maximum Gasteiger partial charge on any atom is 0.253 e. The largest absolute Gasteiger partial charge is 0.387 e. The number of hydrogen-bond donors (Lipinski definition) is 2. The molecule has 21 heavy (non-hydrogen) atoms. The Morgan fingerprint density at radius 3 is 2.24 bits per heavy atom. The number of amides is 1. The first kappa shape index (κ1) is 15.1. The highest BCUT2D eigenvalue weighted by Gasteiger charge is 2.14. The topological polar surface area (TPSA) is 41.1 Å². The third-order valence-electron chi connectivity index (χ3n) is 3.61. The van der Waals surface area contributed by atoms with Crippen LogP contribution in [0, 0.1) is 13.8 Å². The van der Waals surface area contributed by atoms with Gasteiger partial charge < -0.3 is 10.6 Å². The predicted molar refractivity (Wildman–Crippen MR) is 87.8 cm³/mol. The number of carbonyl (C=O) groups excluding carboxylic acids is 1. The molecule has 2 rings (SSSR count). The van der Waals surface area contributed by atoms with Crippen LogP contribution in [0.4, 0.5) is 5.69 Å². The monoisotopic (exact) mass is 282 g/mol. The fraction of sp³-hybridized carbons (Fsp3) is 0.278. The Labute approximate surface area is 126 Å². The van der Waals surface area contributed by atoms with Gasteiger partial charge in [-0.1, -0.05) is 41.5 Å². The van der Waals surface area contributed by atoms with E-state index in [1.165, 1.54) is 5.56 Å². The van der Waals surface area contributed by atoms with Crippen LogP contribution in [0.25, 0.3) is 0 Å². The molecule has 0 spiro atoms. The van der Waals surface area contributed by atoms with Crippen molar-refractivity contribution < 1.29 is 4.79 Å². The standard InChI is InChI=1S/C18H22N2O/c1-12-5-8-15(9-6-12)14(3)20-18(21)16-11-13(2)7-10-17(16)19-4/h5-11,14,19H,1-4H3,(H,20,21). The van der Waals surface area contributed by atoms with Gasteiger partial charge in [0.2, 0.25) is 0 Å². The van der Waals surface area contributed by atoms with Crippen molar-refractivity contribution in [2.45, 2.75) is 26.8 Å². The first-order valence-electron chi connectivity index (χ1n) is 7.17. The van der Waals surface area contributed by atoms with E-state index in [1.807, 2.05) is 39.1 Å². The van der Waals surface area contributed by atoms with Gasteiger partial charge in [0.1, 0.15) is 0 Å². The third-order valence-corrected chi connectivity index (χ3v) is 3.61. The van der Waals surface area contributed by atoms with Crippen LogP contribution in [-0.4, -0.2) is 13.0 Å². The first-order chi connectivity index (χ1) is 10.0. The lowest BCUT2D eigenvalue weighted by molar-refractivity contribution is 0.0940. The van der Waals surface area contributed by atoms with Gasteiger partial charge in [-0.3, -0.25) is 4.79 Å². The summed E-state index contributed by atoms with van der Waals surface area (Å²) in [6.45, 7) is 6.04. The lowest BCUT2D eigenvalue weighted by atomic mass is 10.0. The number of aryl methyl sites for hydroxylation is 2. The van der Waals surface area contributed by atoms with Crippen molar-refractivity contribution in [3.63, 3.8) is 0 Å². The molecule has 0 aliphatic rings. The molecule has 1 atom stereocenters. The fourth-order valence-electron chi connectivity index (χ4n) is 2.28.